The fraction of sp³-hybridized carbons (Fsp3) is 0.125. The lowest BCUT2D eigenvalue weighted by atomic mass is 10.2. The van der Waals surface area contributed by atoms with Gasteiger partial charge in [-0.1, -0.05) is 24.3 Å². The molecule has 1 aromatic carbocycles. The molecular weight excluding hydrogens is 316 g/mol. The Hall–Kier alpha value is -1.94. The summed E-state index contributed by atoms with van der Waals surface area (Å²) in [6.07, 6.45) is 1.80. The zero-order valence-corrected chi connectivity index (χ0v) is 12.6. The van der Waals surface area contributed by atoms with Crippen LogP contribution in [-0.2, 0) is 6.54 Å². The highest BCUT2D eigenvalue weighted by Gasteiger charge is 2.04. The molecular formula is C16H13BrN2O. The monoisotopic (exact) mass is 328 g/mol. The van der Waals surface area contributed by atoms with E-state index in [9.17, 15) is 4.79 Å². The number of aromatic nitrogens is 2. The third kappa shape index (κ3) is 2.51. The zero-order chi connectivity index (χ0) is 14.1. The molecule has 2 heterocycles. The van der Waals surface area contributed by atoms with E-state index in [1.165, 1.54) is 0 Å². The second-order valence-corrected chi connectivity index (χ2v) is 5.69. The predicted octanol–water partition coefficient (Wildman–Crippen LogP) is 3.52. The molecule has 3 rings (SSSR count). The van der Waals surface area contributed by atoms with Crippen molar-refractivity contribution >= 4 is 26.8 Å². The summed E-state index contributed by atoms with van der Waals surface area (Å²) in [7, 11) is 0. The van der Waals surface area contributed by atoms with E-state index in [0.717, 1.165) is 26.6 Å². The number of halogens is 1. The van der Waals surface area contributed by atoms with Gasteiger partial charge in [0.15, 0.2) is 0 Å². The van der Waals surface area contributed by atoms with Gasteiger partial charge in [-0.2, -0.15) is 0 Å². The molecule has 0 radical (unpaired) electrons. The van der Waals surface area contributed by atoms with Crippen LogP contribution in [0.15, 0.2) is 57.9 Å². The van der Waals surface area contributed by atoms with Crippen LogP contribution in [0.5, 0.6) is 0 Å². The van der Waals surface area contributed by atoms with E-state index in [4.69, 9.17) is 0 Å². The molecule has 4 heteroatoms. The Kier molecular flexibility index (Phi) is 3.40. The van der Waals surface area contributed by atoms with Crippen molar-refractivity contribution in [2.24, 2.45) is 0 Å². The van der Waals surface area contributed by atoms with E-state index in [1.807, 2.05) is 49.4 Å². The van der Waals surface area contributed by atoms with E-state index in [0.29, 0.717) is 6.54 Å². The van der Waals surface area contributed by atoms with Crippen molar-refractivity contribution < 1.29 is 0 Å². The average Bonchev–Trinajstić information content (AvgIpc) is 2.44. The van der Waals surface area contributed by atoms with Crippen LogP contribution in [0.4, 0.5) is 0 Å². The fourth-order valence-electron chi connectivity index (χ4n) is 2.23. The highest BCUT2D eigenvalue weighted by atomic mass is 79.9. The molecule has 0 saturated carbocycles. The first kappa shape index (κ1) is 13.1. The average molecular weight is 329 g/mol. The van der Waals surface area contributed by atoms with E-state index in [2.05, 4.69) is 20.9 Å². The van der Waals surface area contributed by atoms with Crippen LogP contribution in [0.3, 0.4) is 0 Å². The quantitative estimate of drug-likeness (QED) is 0.721. The summed E-state index contributed by atoms with van der Waals surface area (Å²) in [5.74, 6) is 0. The minimum atomic E-state index is 0.0168. The molecule has 2 aromatic heterocycles. The third-order valence-corrected chi connectivity index (χ3v) is 3.65. The number of fused-ring (bicyclic) bond motifs is 1. The van der Waals surface area contributed by atoms with Crippen LogP contribution in [-0.4, -0.2) is 9.55 Å². The van der Waals surface area contributed by atoms with Gasteiger partial charge in [0.2, 0.25) is 0 Å². The summed E-state index contributed by atoms with van der Waals surface area (Å²) in [6, 6.07) is 13.8. The van der Waals surface area contributed by atoms with Crippen molar-refractivity contribution in [3.8, 4) is 0 Å². The molecule has 0 aliphatic carbocycles. The smallest absolute Gasteiger partial charge is 0.253 e. The molecule has 0 aliphatic rings. The number of aryl methyl sites for hydroxylation is 1. The number of hydrogen-bond donors (Lipinski definition) is 0. The first-order chi connectivity index (χ1) is 9.63. The maximum atomic E-state index is 12.1. The summed E-state index contributed by atoms with van der Waals surface area (Å²) >= 11 is 3.42. The fourth-order valence-corrected chi connectivity index (χ4v) is 2.82. The summed E-state index contributed by atoms with van der Waals surface area (Å²) in [5, 5.41) is 1.11. The first-order valence-corrected chi connectivity index (χ1v) is 7.14. The van der Waals surface area contributed by atoms with Gasteiger partial charge in [-0.05, 0) is 41.1 Å². The van der Waals surface area contributed by atoms with Crippen LogP contribution >= 0.6 is 15.9 Å². The molecule has 0 unspecified atom stereocenters. The maximum absolute atomic E-state index is 12.1. The van der Waals surface area contributed by atoms with Crippen LogP contribution in [0.2, 0.25) is 0 Å². The second-order valence-electron chi connectivity index (χ2n) is 4.77. The van der Waals surface area contributed by atoms with E-state index in [1.54, 1.807) is 10.8 Å². The molecule has 0 fully saturated rings. The molecule has 0 saturated heterocycles. The zero-order valence-electron chi connectivity index (χ0n) is 11.0. The number of hydrogen-bond acceptors (Lipinski definition) is 2. The molecule has 0 N–H and O–H groups in total. The van der Waals surface area contributed by atoms with E-state index < -0.39 is 0 Å². The molecule has 0 bridgehead atoms. The lowest BCUT2D eigenvalue weighted by Crippen LogP contribution is -2.22. The van der Waals surface area contributed by atoms with Gasteiger partial charge in [0, 0.05) is 21.6 Å². The van der Waals surface area contributed by atoms with Crippen molar-refractivity contribution in [2.75, 3.05) is 0 Å². The van der Waals surface area contributed by atoms with Crippen LogP contribution in [0.25, 0.3) is 10.9 Å². The number of pyridine rings is 2. The molecule has 3 aromatic rings. The van der Waals surface area contributed by atoms with Gasteiger partial charge in [0.1, 0.15) is 0 Å². The molecule has 20 heavy (non-hydrogen) atoms. The van der Waals surface area contributed by atoms with Gasteiger partial charge in [-0.3, -0.25) is 9.78 Å². The number of benzene rings is 1. The topological polar surface area (TPSA) is 34.9 Å². The maximum Gasteiger partial charge on any atom is 0.253 e. The highest BCUT2D eigenvalue weighted by molar-refractivity contribution is 9.10. The molecule has 0 spiro atoms. The lowest BCUT2D eigenvalue weighted by Gasteiger charge is -2.08. The van der Waals surface area contributed by atoms with Crippen molar-refractivity contribution in [1.29, 1.82) is 0 Å². The second kappa shape index (κ2) is 5.21. The van der Waals surface area contributed by atoms with E-state index in [-0.39, 0.29) is 5.56 Å². The normalized spacial score (nSPS) is 10.9. The van der Waals surface area contributed by atoms with Gasteiger partial charge in [-0.25, -0.2) is 0 Å². The van der Waals surface area contributed by atoms with Crippen molar-refractivity contribution in [2.45, 2.75) is 13.5 Å². The minimum absolute atomic E-state index is 0.0168. The first-order valence-electron chi connectivity index (χ1n) is 6.35. The highest BCUT2D eigenvalue weighted by Crippen LogP contribution is 2.13. The summed E-state index contributed by atoms with van der Waals surface area (Å²) in [6.45, 7) is 2.29. The van der Waals surface area contributed by atoms with E-state index >= 15 is 0 Å². The molecule has 0 atom stereocenters. The van der Waals surface area contributed by atoms with Crippen LogP contribution in [0.1, 0.15) is 11.3 Å². The third-order valence-electron chi connectivity index (χ3n) is 3.22. The van der Waals surface area contributed by atoms with Crippen LogP contribution < -0.4 is 5.56 Å². The van der Waals surface area contributed by atoms with Gasteiger partial charge in [-0.15, -0.1) is 0 Å². The van der Waals surface area contributed by atoms with Crippen LogP contribution in [0, 0.1) is 6.92 Å². The molecule has 100 valence electrons. The van der Waals surface area contributed by atoms with Gasteiger partial charge < -0.3 is 4.57 Å². The Morgan fingerprint density at radius 3 is 2.85 bits per heavy atom. The van der Waals surface area contributed by atoms with Crippen molar-refractivity contribution in [3.05, 3.63) is 74.7 Å². The van der Waals surface area contributed by atoms with Gasteiger partial charge in [0.25, 0.3) is 5.56 Å². The van der Waals surface area contributed by atoms with Gasteiger partial charge in [0.05, 0.1) is 17.8 Å². The molecule has 3 nitrogen and oxygen atoms in total. The Bertz CT molecular complexity index is 839. The summed E-state index contributed by atoms with van der Waals surface area (Å²) < 4.78 is 2.58. The Labute approximate surface area is 125 Å². The number of rotatable bonds is 2. The van der Waals surface area contributed by atoms with Crippen molar-refractivity contribution in [3.63, 3.8) is 0 Å². The predicted molar refractivity (Wildman–Crippen MR) is 84.0 cm³/mol. The lowest BCUT2D eigenvalue weighted by molar-refractivity contribution is 0.733. The number of para-hydroxylation sites is 1. The Morgan fingerprint density at radius 2 is 2.00 bits per heavy atom. The Morgan fingerprint density at radius 1 is 1.20 bits per heavy atom. The summed E-state index contributed by atoms with van der Waals surface area (Å²) in [4.78, 5) is 16.7. The standard InChI is InChI=1S/C16H13BrN2O/c1-11-8-13(17)9-19(16(11)20)10-14-7-6-12-4-2-3-5-15(12)18-14/h2-9H,10H2,1H3. The van der Waals surface area contributed by atoms with Gasteiger partial charge >= 0.3 is 0 Å². The molecule has 0 aliphatic heterocycles. The molecule has 0 amide bonds. The van der Waals surface area contributed by atoms with Crippen molar-refractivity contribution in [1.82, 2.24) is 9.55 Å². The minimum Gasteiger partial charge on any atom is -0.308 e. The SMILES string of the molecule is Cc1cc(Br)cn(Cc2ccc3ccccc3n2)c1=O. The largest absolute Gasteiger partial charge is 0.308 e. The number of nitrogens with zero attached hydrogens (tertiary/aromatic N) is 2. The summed E-state index contributed by atoms with van der Waals surface area (Å²) in [5.41, 5.74) is 2.57. The Balaban J connectivity index is 2.03.